The van der Waals surface area contributed by atoms with Gasteiger partial charge in [0.25, 0.3) is 0 Å². The Morgan fingerprint density at radius 1 is 1.00 bits per heavy atom. The molecule has 1 saturated heterocycles. The van der Waals surface area contributed by atoms with Crippen LogP contribution in [-0.2, 0) is 9.59 Å². The molecule has 2 aliphatic rings. The summed E-state index contributed by atoms with van der Waals surface area (Å²) in [6.07, 6.45) is 12.3. The molecular weight excluding hydrogens is 288 g/mol. The van der Waals surface area contributed by atoms with Crippen molar-refractivity contribution in [3.05, 3.63) is 0 Å². The highest BCUT2D eigenvalue weighted by atomic mass is 16.2. The summed E-state index contributed by atoms with van der Waals surface area (Å²) < 4.78 is 0. The van der Waals surface area contributed by atoms with E-state index in [1.807, 2.05) is 4.90 Å². The van der Waals surface area contributed by atoms with E-state index in [9.17, 15) is 9.59 Å². The van der Waals surface area contributed by atoms with E-state index in [1.165, 1.54) is 32.1 Å². The van der Waals surface area contributed by atoms with E-state index in [4.69, 9.17) is 0 Å². The van der Waals surface area contributed by atoms with Crippen molar-refractivity contribution in [2.45, 2.75) is 96.6 Å². The van der Waals surface area contributed by atoms with E-state index in [0.29, 0.717) is 25.0 Å². The van der Waals surface area contributed by atoms with Gasteiger partial charge in [-0.25, -0.2) is 0 Å². The Morgan fingerprint density at radius 2 is 1.65 bits per heavy atom. The summed E-state index contributed by atoms with van der Waals surface area (Å²) in [5.74, 6) is 0.381. The number of carbonyl (C=O) groups excluding carboxylic acids is 2. The predicted octanol–water partition coefficient (Wildman–Crippen LogP) is 3.74. The highest BCUT2D eigenvalue weighted by molar-refractivity contribution is 5.78. The van der Waals surface area contributed by atoms with Gasteiger partial charge in [-0.05, 0) is 38.5 Å². The van der Waals surface area contributed by atoms with Gasteiger partial charge in [-0.2, -0.15) is 0 Å². The smallest absolute Gasteiger partial charge is 0.224 e. The van der Waals surface area contributed by atoms with Gasteiger partial charge >= 0.3 is 0 Å². The second-order valence-electron chi connectivity index (χ2n) is 7.25. The van der Waals surface area contributed by atoms with E-state index in [0.717, 1.165) is 38.6 Å². The average molecular weight is 322 g/mol. The van der Waals surface area contributed by atoms with E-state index in [2.05, 4.69) is 11.8 Å². The van der Waals surface area contributed by atoms with Gasteiger partial charge in [0, 0.05) is 38.5 Å². The van der Waals surface area contributed by atoms with Crippen molar-refractivity contribution in [3.63, 3.8) is 0 Å². The lowest BCUT2D eigenvalue weighted by Gasteiger charge is -2.36. The van der Waals surface area contributed by atoms with Crippen LogP contribution in [0.4, 0.5) is 0 Å². The molecule has 0 aromatic heterocycles. The zero-order chi connectivity index (χ0) is 16.7. The van der Waals surface area contributed by atoms with Gasteiger partial charge in [-0.1, -0.05) is 32.6 Å². The largest absolute Gasteiger partial charge is 0.340 e. The molecule has 0 N–H and O–H groups in total. The minimum absolute atomic E-state index is 0.135. The number of likely N-dealkylation sites (tertiary alicyclic amines) is 1. The zero-order valence-corrected chi connectivity index (χ0v) is 15.1. The van der Waals surface area contributed by atoms with Gasteiger partial charge in [0.05, 0.1) is 0 Å². The number of carbonyl (C=O) groups is 2. The van der Waals surface area contributed by atoms with Crippen LogP contribution in [0, 0.1) is 0 Å². The van der Waals surface area contributed by atoms with Crippen molar-refractivity contribution < 1.29 is 9.59 Å². The monoisotopic (exact) mass is 322 g/mol. The number of piperidine rings is 1. The first kappa shape index (κ1) is 18.3. The fourth-order valence-corrected chi connectivity index (χ4v) is 4.28. The lowest BCUT2D eigenvalue weighted by molar-refractivity contribution is -0.137. The average Bonchev–Trinajstić information content (AvgIpc) is 2.83. The molecule has 1 aliphatic heterocycles. The number of nitrogens with zero attached hydrogens (tertiary/aromatic N) is 2. The Bertz CT molecular complexity index is 389. The van der Waals surface area contributed by atoms with Crippen molar-refractivity contribution in [1.82, 2.24) is 9.80 Å². The molecule has 23 heavy (non-hydrogen) atoms. The zero-order valence-electron chi connectivity index (χ0n) is 15.1. The summed E-state index contributed by atoms with van der Waals surface area (Å²) in [6, 6.07) is 0.769. The molecule has 0 spiro atoms. The van der Waals surface area contributed by atoms with E-state index in [1.54, 1.807) is 6.92 Å². The molecule has 1 atom stereocenters. The Labute approximate surface area is 141 Å². The highest BCUT2D eigenvalue weighted by Crippen LogP contribution is 2.23. The standard InChI is InChI=1S/C19H34N2O2/c1-3-17-10-8-9-14-21(17)19(23)13-15-20(16(2)22)18-11-6-4-5-7-12-18/h17-18H,3-15H2,1-2H3. The van der Waals surface area contributed by atoms with Gasteiger partial charge in [0.15, 0.2) is 0 Å². The number of amides is 2. The second-order valence-corrected chi connectivity index (χ2v) is 7.25. The van der Waals surface area contributed by atoms with Crippen molar-refractivity contribution in [2.75, 3.05) is 13.1 Å². The van der Waals surface area contributed by atoms with Crippen LogP contribution in [0.1, 0.15) is 84.5 Å². The van der Waals surface area contributed by atoms with Crippen LogP contribution >= 0.6 is 0 Å². The van der Waals surface area contributed by atoms with Gasteiger partial charge in [0.1, 0.15) is 0 Å². The van der Waals surface area contributed by atoms with Crippen LogP contribution in [0.3, 0.4) is 0 Å². The molecule has 4 nitrogen and oxygen atoms in total. The SMILES string of the molecule is CCC1CCCCN1C(=O)CCN(C(C)=O)C1CCCCCC1. The fourth-order valence-electron chi connectivity index (χ4n) is 4.28. The van der Waals surface area contributed by atoms with E-state index >= 15 is 0 Å². The molecule has 132 valence electrons. The van der Waals surface area contributed by atoms with Gasteiger partial charge in [-0.3, -0.25) is 9.59 Å². The van der Waals surface area contributed by atoms with Crippen LogP contribution in [0.5, 0.6) is 0 Å². The van der Waals surface area contributed by atoms with Crippen molar-refractivity contribution >= 4 is 11.8 Å². The third kappa shape index (κ3) is 5.22. The Balaban J connectivity index is 1.89. The first-order valence-electron chi connectivity index (χ1n) is 9.70. The van der Waals surface area contributed by atoms with Gasteiger partial charge in [0.2, 0.25) is 11.8 Å². The highest BCUT2D eigenvalue weighted by Gasteiger charge is 2.27. The molecule has 0 aromatic carbocycles. The quantitative estimate of drug-likeness (QED) is 0.724. The minimum atomic E-state index is 0.135. The van der Waals surface area contributed by atoms with Gasteiger partial charge < -0.3 is 9.80 Å². The first-order chi connectivity index (χ1) is 11.1. The maximum Gasteiger partial charge on any atom is 0.224 e. The maximum absolute atomic E-state index is 12.6. The van der Waals surface area contributed by atoms with Crippen LogP contribution < -0.4 is 0 Å². The van der Waals surface area contributed by atoms with Crippen LogP contribution in [0.2, 0.25) is 0 Å². The lowest BCUT2D eigenvalue weighted by atomic mass is 9.99. The summed E-state index contributed by atoms with van der Waals surface area (Å²) >= 11 is 0. The van der Waals surface area contributed by atoms with Crippen LogP contribution in [0.15, 0.2) is 0 Å². The molecule has 1 aliphatic carbocycles. The summed E-state index contributed by atoms with van der Waals surface area (Å²) in [5.41, 5.74) is 0. The van der Waals surface area contributed by atoms with Crippen molar-refractivity contribution in [2.24, 2.45) is 0 Å². The summed E-state index contributed by atoms with van der Waals surface area (Å²) in [5, 5.41) is 0. The molecule has 0 bridgehead atoms. The molecule has 1 unspecified atom stereocenters. The lowest BCUT2D eigenvalue weighted by Crippen LogP contribution is -2.46. The molecule has 4 heteroatoms. The topological polar surface area (TPSA) is 40.6 Å². The molecule has 2 amide bonds. The number of hydrogen-bond acceptors (Lipinski definition) is 2. The summed E-state index contributed by atoms with van der Waals surface area (Å²) in [4.78, 5) is 28.8. The third-order valence-electron chi connectivity index (χ3n) is 5.66. The molecule has 2 rings (SSSR count). The van der Waals surface area contributed by atoms with Crippen molar-refractivity contribution in [3.8, 4) is 0 Å². The van der Waals surface area contributed by atoms with Gasteiger partial charge in [-0.15, -0.1) is 0 Å². The maximum atomic E-state index is 12.6. The number of rotatable bonds is 5. The molecule has 2 fully saturated rings. The molecule has 1 saturated carbocycles. The molecular formula is C19H34N2O2. The molecule has 0 aromatic rings. The third-order valence-corrected chi connectivity index (χ3v) is 5.66. The van der Waals surface area contributed by atoms with E-state index in [-0.39, 0.29) is 11.8 Å². The minimum Gasteiger partial charge on any atom is -0.340 e. The van der Waals surface area contributed by atoms with Crippen molar-refractivity contribution in [1.29, 1.82) is 0 Å². The Kier molecular flexibility index (Phi) is 7.38. The Hall–Kier alpha value is -1.06. The summed E-state index contributed by atoms with van der Waals surface area (Å²) in [6.45, 7) is 5.33. The Morgan fingerprint density at radius 3 is 2.26 bits per heavy atom. The number of hydrogen-bond donors (Lipinski definition) is 0. The normalized spacial score (nSPS) is 23.4. The first-order valence-corrected chi connectivity index (χ1v) is 9.70. The molecule has 0 radical (unpaired) electrons. The van der Waals surface area contributed by atoms with E-state index < -0.39 is 0 Å². The van der Waals surface area contributed by atoms with Crippen LogP contribution in [0.25, 0.3) is 0 Å². The summed E-state index contributed by atoms with van der Waals surface area (Å²) in [7, 11) is 0. The molecule has 1 heterocycles. The van der Waals surface area contributed by atoms with Crippen LogP contribution in [-0.4, -0.2) is 46.8 Å². The predicted molar refractivity (Wildman–Crippen MR) is 93.1 cm³/mol. The second kappa shape index (κ2) is 9.29. The fraction of sp³-hybridized carbons (Fsp3) is 0.895.